The molecule has 0 amide bonds. The maximum Gasteiger partial charge on any atom is 0.0727 e. The van der Waals surface area contributed by atoms with Crippen molar-refractivity contribution in [2.45, 2.75) is 20.0 Å². The van der Waals surface area contributed by atoms with Crippen molar-refractivity contribution < 1.29 is 0 Å². The fraction of sp³-hybridized carbons (Fsp3) is 0.250. The van der Waals surface area contributed by atoms with E-state index in [9.17, 15) is 0 Å². The molecule has 0 atom stereocenters. The average Bonchev–Trinajstić information content (AvgIpc) is 2.73. The predicted octanol–water partition coefficient (Wildman–Crippen LogP) is 2.79. The Hall–Kier alpha value is -1.13. The summed E-state index contributed by atoms with van der Waals surface area (Å²) in [7, 11) is 0. The third-order valence-electron chi connectivity index (χ3n) is 2.55. The molecule has 0 unspecified atom stereocenters. The molecule has 0 saturated heterocycles. The molecule has 0 bridgehead atoms. The van der Waals surface area contributed by atoms with Gasteiger partial charge in [-0.2, -0.15) is 5.10 Å². The summed E-state index contributed by atoms with van der Waals surface area (Å²) in [5, 5.41) is 4.33. The summed E-state index contributed by atoms with van der Waals surface area (Å²) in [5.41, 5.74) is 9.09. The van der Waals surface area contributed by atoms with Gasteiger partial charge in [0.2, 0.25) is 0 Å². The highest BCUT2D eigenvalue weighted by atomic mass is 79.9. The second-order valence-corrected chi connectivity index (χ2v) is 4.46. The van der Waals surface area contributed by atoms with Crippen LogP contribution in [0.25, 0.3) is 11.3 Å². The van der Waals surface area contributed by atoms with Crippen molar-refractivity contribution >= 4 is 15.9 Å². The highest BCUT2D eigenvalue weighted by Crippen LogP contribution is 2.25. The topological polar surface area (TPSA) is 43.8 Å². The summed E-state index contributed by atoms with van der Waals surface area (Å²) in [6.07, 6.45) is 1.85. The number of hydrogen-bond donors (Lipinski definition) is 1. The average molecular weight is 280 g/mol. The molecule has 1 aromatic carbocycles. The van der Waals surface area contributed by atoms with Gasteiger partial charge in [0.15, 0.2) is 0 Å². The monoisotopic (exact) mass is 279 g/mol. The minimum atomic E-state index is 0.519. The van der Waals surface area contributed by atoms with E-state index in [1.165, 1.54) is 0 Å². The van der Waals surface area contributed by atoms with Crippen LogP contribution in [0.3, 0.4) is 0 Å². The van der Waals surface area contributed by atoms with E-state index in [4.69, 9.17) is 5.73 Å². The van der Waals surface area contributed by atoms with Crippen LogP contribution in [0, 0.1) is 0 Å². The van der Waals surface area contributed by atoms with E-state index in [0.717, 1.165) is 27.8 Å². The Labute approximate surface area is 103 Å². The molecule has 1 aromatic heterocycles. The Morgan fingerprint density at radius 1 is 1.31 bits per heavy atom. The van der Waals surface area contributed by atoms with Crippen LogP contribution in [-0.2, 0) is 13.1 Å². The molecular weight excluding hydrogens is 266 g/mol. The zero-order valence-electron chi connectivity index (χ0n) is 9.15. The smallest absolute Gasteiger partial charge is 0.0727 e. The summed E-state index contributed by atoms with van der Waals surface area (Å²) in [4.78, 5) is 0. The van der Waals surface area contributed by atoms with E-state index >= 15 is 0 Å². The first-order valence-electron chi connectivity index (χ1n) is 5.27. The van der Waals surface area contributed by atoms with E-state index < -0.39 is 0 Å². The van der Waals surface area contributed by atoms with E-state index in [-0.39, 0.29) is 0 Å². The van der Waals surface area contributed by atoms with Gasteiger partial charge in [0.25, 0.3) is 0 Å². The van der Waals surface area contributed by atoms with Crippen LogP contribution in [0.2, 0.25) is 0 Å². The third-order valence-corrected chi connectivity index (χ3v) is 3.08. The van der Waals surface area contributed by atoms with Crippen LogP contribution in [0.4, 0.5) is 0 Å². The molecule has 2 aromatic rings. The quantitative estimate of drug-likeness (QED) is 0.939. The normalized spacial score (nSPS) is 10.7. The second kappa shape index (κ2) is 4.80. The minimum Gasteiger partial charge on any atom is -0.326 e. The molecule has 0 fully saturated rings. The molecule has 0 aliphatic carbocycles. The van der Waals surface area contributed by atoms with Crippen molar-refractivity contribution in [3.05, 3.63) is 40.5 Å². The van der Waals surface area contributed by atoms with Crippen molar-refractivity contribution in [1.82, 2.24) is 9.78 Å². The Morgan fingerprint density at radius 3 is 2.56 bits per heavy atom. The summed E-state index contributed by atoms with van der Waals surface area (Å²) >= 11 is 3.43. The van der Waals surface area contributed by atoms with Gasteiger partial charge in [-0.1, -0.05) is 28.1 Å². The maximum absolute atomic E-state index is 5.72. The fourth-order valence-electron chi connectivity index (χ4n) is 1.76. The zero-order valence-corrected chi connectivity index (χ0v) is 10.7. The number of nitrogens with zero attached hydrogens (tertiary/aromatic N) is 2. The van der Waals surface area contributed by atoms with Crippen LogP contribution < -0.4 is 5.73 Å². The number of halogens is 1. The van der Waals surface area contributed by atoms with Gasteiger partial charge in [-0.25, -0.2) is 0 Å². The number of benzene rings is 1. The Kier molecular flexibility index (Phi) is 3.41. The molecule has 0 aliphatic heterocycles. The number of nitrogens with two attached hydrogens (primary N) is 1. The number of aryl methyl sites for hydroxylation is 1. The van der Waals surface area contributed by atoms with Crippen molar-refractivity contribution in [2.75, 3.05) is 0 Å². The van der Waals surface area contributed by atoms with Gasteiger partial charge in [-0.05, 0) is 19.1 Å². The van der Waals surface area contributed by atoms with Crippen molar-refractivity contribution in [3.8, 4) is 11.3 Å². The van der Waals surface area contributed by atoms with Gasteiger partial charge in [0, 0.05) is 28.7 Å². The molecule has 4 heteroatoms. The van der Waals surface area contributed by atoms with Crippen LogP contribution in [-0.4, -0.2) is 9.78 Å². The van der Waals surface area contributed by atoms with Gasteiger partial charge in [0.1, 0.15) is 0 Å². The van der Waals surface area contributed by atoms with Crippen LogP contribution in [0.1, 0.15) is 12.5 Å². The summed E-state index contributed by atoms with van der Waals surface area (Å²) in [5.74, 6) is 0. The largest absolute Gasteiger partial charge is 0.326 e. The predicted molar refractivity (Wildman–Crippen MR) is 68.9 cm³/mol. The lowest BCUT2D eigenvalue weighted by Gasteiger charge is -2.07. The SMILES string of the molecule is CCn1ncc(CN)c1-c1ccc(Br)cc1. The van der Waals surface area contributed by atoms with Gasteiger partial charge in [-0.3, -0.25) is 4.68 Å². The molecule has 84 valence electrons. The molecule has 2 rings (SSSR count). The van der Waals surface area contributed by atoms with E-state index in [0.29, 0.717) is 6.54 Å². The first-order chi connectivity index (χ1) is 7.76. The highest BCUT2D eigenvalue weighted by molar-refractivity contribution is 9.10. The maximum atomic E-state index is 5.72. The van der Waals surface area contributed by atoms with Gasteiger partial charge < -0.3 is 5.73 Å². The first kappa shape index (κ1) is 11.4. The summed E-state index contributed by atoms with van der Waals surface area (Å²) in [6.45, 7) is 3.45. The van der Waals surface area contributed by atoms with Crippen LogP contribution in [0.15, 0.2) is 34.9 Å². The molecule has 16 heavy (non-hydrogen) atoms. The van der Waals surface area contributed by atoms with Gasteiger partial charge in [0.05, 0.1) is 11.9 Å². The van der Waals surface area contributed by atoms with Gasteiger partial charge in [-0.15, -0.1) is 0 Å². The Balaban J connectivity index is 2.52. The van der Waals surface area contributed by atoms with E-state index in [1.807, 2.05) is 23.0 Å². The minimum absolute atomic E-state index is 0.519. The number of rotatable bonds is 3. The lowest BCUT2D eigenvalue weighted by atomic mass is 10.1. The van der Waals surface area contributed by atoms with E-state index in [2.05, 4.69) is 40.1 Å². The second-order valence-electron chi connectivity index (χ2n) is 3.55. The molecule has 3 nitrogen and oxygen atoms in total. The first-order valence-corrected chi connectivity index (χ1v) is 6.06. The van der Waals surface area contributed by atoms with E-state index in [1.54, 1.807) is 0 Å². The lowest BCUT2D eigenvalue weighted by molar-refractivity contribution is 0.666. The molecule has 0 radical (unpaired) electrons. The lowest BCUT2D eigenvalue weighted by Crippen LogP contribution is -2.02. The fourth-order valence-corrected chi connectivity index (χ4v) is 2.02. The zero-order chi connectivity index (χ0) is 11.5. The number of aromatic nitrogens is 2. The molecular formula is C12H14BrN3. The molecule has 0 spiro atoms. The number of hydrogen-bond acceptors (Lipinski definition) is 2. The van der Waals surface area contributed by atoms with Gasteiger partial charge >= 0.3 is 0 Å². The van der Waals surface area contributed by atoms with Crippen molar-refractivity contribution in [3.63, 3.8) is 0 Å². The third kappa shape index (κ3) is 2.03. The van der Waals surface area contributed by atoms with Crippen molar-refractivity contribution in [2.24, 2.45) is 5.73 Å². The Morgan fingerprint density at radius 2 is 2.00 bits per heavy atom. The molecule has 0 aliphatic rings. The molecule has 1 heterocycles. The van der Waals surface area contributed by atoms with Crippen LogP contribution in [0.5, 0.6) is 0 Å². The van der Waals surface area contributed by atoms with Crippen molar-refractivity contribution in [1.29, 1.82) is 0 Å². The summed E-state index contributed by atoms with van der Waals surface area (Å²) < 4.78 is 3.05. The standard InChI is InChI=1S/C12H14BrN3/c1-2-16-12(10(7-14)8-15-16)9-3-5-11(13)6-4-9/h3-6,8H,2,7,14H2,1H3. The van der Waals surface area contributed by atoms with Crippen LogP contribution >= 0.6 is 15.9 Å². The molecule has 2 N–H and O–H groups in total. The molecule has 0 saturated carbocycles. The Bertz CT molecular complexity index is 452. The summed E-state index contributed by atoms with van der Waals surface area (Å²) in [6, 6.07) is 8.21. The highest BCUT2D eigenvalue weighted by Gasteiger charge is 2.10.